The van der Waals surface area contributed by atoms with Gasteiger partial charge in [-0.25, -0.2) is 13.1 Å². The summed E-state index contributed by atoms with van der Waals surface area (Å²) in [4.78, 5) is 25.0. The second-order valence-electron chi connectivity index (χ2n) is 6.24. The molecular formula is C18H23NO5S. The number of hydrogen-bond acceptors (Lipinski definition) is 5. The molecule has 1 saturated carbocycles. The van der Waals surface area contributed by atoms with Gasteiger partial charge in [0.05, 0.1) is 4.90 Å². The molecule has 136 valence electrons. The highest BCUT2D eigenvalue weighted by atomic mass is 32.2. The number of nitrogens with one attached hydrogen (secondary N) is 1. The van der Waals surface area contributed by atoms with Crippen LogP contribution in [0.3, 0.4) is 0 Å². The number of ether oxygens (including phenoxy) is 1. The Morgan fingerprint density at radius 2 is 2.00 bits per heavy atom. The van der Waals surface area contributed by atoms with Crippen LogP contribution >= 0.6 is 0 Å². The summed E-state index contributed by atoms with van der Waals surface area (Å²) in [6.07, 6.45) is 3.30. The van der Waals surface area contributed by atoms with Crippen molar-refractivity contribution in [2.75, 3.05) is 13.2 Å². The van der Waals surface area contributed by atoms with Gasteiger partial charge in [-0.2, -0.15) is 0 Å². The Morgan fingerprint density at radius 1 is 1.32 bits per heavy atom. The van der Waals surface area contributed by atoms with Crippen LogP contribution in [-0.4, -0.2) is 33.3 Å². The molecule has 6 nitrogen and oxygen atoms in total. The number of hydrogen-bond donors (Lipinski definition) is 1. The first-order valence-electron chi connectivity index (χ1n) is 8.19. The predicted octanol–water partition coefficient (Wildman–Crippen LogP) is 2.13. The molecule has 0 aromatic heterocycles. The molecule has 1 fully saturated rings. The Bertz CT molecular complexity index is 754. The lowest BCUT2D eigenvalue weighted by atomic mass is 9.73. The molecule has 0 amide bonds. The van der Waals surface area contributed by atoms with Gasteiger partial charge in [-0.1, -0.05) is 36.8 Å². The Morgan fingerprint density at radius 3 is 2.60 bits per heavy atom. The number of carbonyl (C=O) groups is 2. The lowest BCUT2D eigenvalue weighted by Crippen LogP contribution is -2.50. The van der Waals surface area contributed by atoms with Crippen molar-refractivity contribution >= 4 is 21.8 Å². The molecule has 1 aliphatic carbocycles. The highest BCUT2D eigenvalue weighted by molar-refractivity contribution is 7.89. The van der Waals surface area contributed by atoms with Gasteiger partial charge in [0.25, 0.3) is 0 Å². The molecule has 2 rings (SSSR count). The van der Waals surface area contributed by atoms with Crippen LogP contribution in [0.25, 0.3) is 0 Å². The van der Waals surface area contributed by atoms with Crippen molar-refractivity contribution in [3.8, 4) is 0 Å². The Kier molecular flexibility index (Phi) is 6.13. The average Bonchev–Trinajstić information content (AvgIpc) is 2.59. The van der Waals surface area contributed by atoms with Crippen molar-refractivity contribution in [1.29, 1.82) is 0 Å². The van der Waals surface area contributed by atoms with Crippen molar-refractivity contribution in [2.45, 2.75) is 37.5 Å². The van der Waals surface area contributed by atoms with E-state index in [-0.39, 0.29) is 36.7 Å². The number of carbonyl (C=O) groups excluding carboxylic acids is 2. The molecule has 1 N–H and O–H groups in total. The fourth-order valence-corrected chi connectivity index (χ4v) is 3.96. The monoisotopic (exact) mass is 365 g/mol. The average molecular weight is 365 g/mol. The van der Waals surface area contributed by atoms with E-state index in [1.54, 1.807) is 12.1 Å². The molecule has 1 aromatic carbocycles. The molecule has 0 spiro atoms. The Hall–Kier alpha value is -1.99. The standard InChI is InChI=1S/C18H23NO5S/c1-3-12-24-17(21)18(11-5-4-6-16(18)20)13-19-25(22,23)15-9-7-14(2)8-10-15/h3,7-10,19H,1,4-6,11-13H2,2H3. The van der Waals surface area contributed by atoms with Gasteiger partial charge in [0, 0.05) is 13.0 Å². The molecule has 0 bridgehead atoms. The van der Waals surface area contributed by atoms with Crippen LogP contribution in [0.4, 0.5) is 0 Å². The molecule has 1 aromatic rings. The van der Waals surface area contributed by atoms with Crippen molar-refractivity contribution in [3.63, 3.8) is 0 Å². The molecule has 0 aliphatic heterocycles. The van der Waals surface area contributed by atoms with Crippen molar-refractivity contribution in [2.24, 2.45) is 5.41 Å². The third-order valence-corrected chi connectivity index (χ3v) is 5.83. The van der Waals surface area contributed by atoms with E-state index in [1.807, 2.05) is 6.92 Å². The van der Waals surface area contributed by atoms with E-state index in [4.69, 9.17) is 4.74 Å². The third-order valence-electron chi connectivity index (χ3n) is 4.41. The highest BCUT2D eigenvalue weighted by Gasteiger charge is 2.48. The Labute approximate surface area is 148 Å². The summed E-state index contributed by atoms with van der Waals surface area (Å²) < 4.78 is 32.5. The van der Waals surface area contributed by atoms with E-state index >= 15 is 0 Å². The van der Waals surface area contributed by atoms with E-state index in [9.17, 15) is 18.0 Å². The van der Waals surface area contributed by atoms with E-state index in [0.29, 0.717) is 12.8 Å². The maximum Gasteiger partial charge on any atom is 0.321 e. The smallest absolute Gasteiger partial charge is 0.321 e. The summed E-state index contributed by atoms with van der Waals surface area (Å²) in [6.45, 7) is 5.03. The molecule has 1 unspecified atom stereocenters. The van der Waals surface area contributed by atoms with Crippen LogP contribution in [0.1, 0.15) is 31.2 Å². The lowest BCUT2D eigenvalue weighted by Gasteiger charge is -2.33. The van der Waals surface area contributed by atoms with Crippen molar-refractivity contribution < 1.29 is 22.7 Å². The number of esters is 1. The minimum Gasteiger partial charge on any atom is -0.461 e. The molecule has 0 heterocycles. The first-order valence-corrected chi connectivity index (χ1v) is 9.68. The molecular weight excluding hydrogens is 342 g/mol. The summed E-state index contributed by atoms with van der Waals surface area (Å²) >= 11 is 0. The molecule has 25 heavy (non-hydrogen) atoms. The maximum atomic E-state index is 12.5. The third kappa shape index (κ3) is 4.35. The summed E-state index contributed by atoms with van der Waals surface area (Å²) in [6, 6.07) is 6.36. The van der Waals surface area contributed by atoms with Gasteiger partial charge in [-0.15, -0.1) is 0 Å². The minimum atomic E-state index is -3.82. The zero-order chi connectivity index (χ0) is 18.5. The highest BCUT2D eigenvalue weighted by Crippen LogP contribution is 2.34. The van der Waals surface area contributed by atoms with Gasteiger partial charge in [-0.3, -0.25) is 9.59 Å². The lowest BCUT2D eigenvalue weighted by molar-refractivity contribution is -0.161. The van der Waals surface area contributed by atoms with E-state index < -0.39 is 21.4 Å². The van der Waals surface area contributed by atoms with Crippen molar-refractivity contribution in [1.82, 2.24) is 4.72 Å². The molecule has 0 saturated heterocycles. The quantitative estimate of drug-likeness (QED) is 0.454. The number of sulfonamides is 1. The minimum absolute atomic E-state index is 0.0153. The van der Waals surface area contributed by atoms with Crippen LogP contribution in [0.15, 0.2) is 41.8 Å². The maximum absolute atomic E-state index is 12.5. The van der Waals surface area contributed by atoms with Crippen LogP contribution in [0, 0.1) is 12.3 Å². The first kappa shape index (κ1) is 19.3. The molecule has 1 atom stereocenters. The topological polar surface area (TPSA) is 89.5 Å². The predicted molar refractivity (Wildman–Crippen MR) is 93.4 cm³/mol. The van der Waals surface area contributed by atoms with Gasteiger partial charge >= 0.3 is 5.97 Å². The fourth-order valence-electron chi connectivity index (χ4n) is 2.86. The van der Waals surface area contributed by atoms with E-state index in [0.717, 1.165) is 5.56 Å². The number of rotatable bonds is 7. The van der Waals surface area contributed by atoms with Crippen LogP contribution < -0.4 is 4.72 Å². The van der Waals surface area contributed by atoms with E-state index in [2.05, 4.69) is 11.3 Å². The number of aryl methyl sites for hydroxylation is 1. The number of ketones is 1. The molecule has 7 heteroatoms. The SMILES string of the molecule is C=CCOC(=O)C1(CNS(=O)(=O)c2ccc(C)cc2)CCCCC1=O. The summed E-state index contributed by atoms with van der Waals surface area (Å²) in [5.74, 6) is -0.969. The largest absolute Gasteiger partial charge is 0.461 e. The molecule has 0 radical (unpaired) electrons. The number of benzene rings is 1. The fraction of sp³-hybridized carbons (Fsp3) is 0.444. The van der Waals surface area contributed by atoms with Crippen LogP contribution in [0.5, 0.6) is 0 Å². The first-order chi connectivity index (χ1) is 11.8. The van der Waals surface area contributed by atoms with Gasteiger partial charge in [0.15, 0.2) is 5.78 Å². The zero-order valence-corrected chi connectivity index (χ0v) is 15.1. The van der Waals surface area contributed by atoms with Crippen molar-refractivity contribution in [3.05, 3.63) is 42.5 Å². The normalized spacial score (nSPS) is 20.9. The molecule has 1 aliphatic rings. The van der Waals surface area contributed by atoms with Gasteiger partial charge in [-0.05, 0) is 31.9 Å². The van der Waals surface area contributed by atoms with Gasteiger partial charge in [0.1, 0.15) is 12.0 Å². The second kappa shape index (κ2) is 7.93. The summed E-state index contributed by atoms with van der Waals surface area (Å²) in [5.41, 5.74) is -0.523. The Balaban J connectivity index is 2.22. The summed E-state index contributed by atoms with van der Waals surface area (Å²) in [7, 11) is -3.82. The van der Waals surface area contributed by atoms with Crippen LogP contribution in [-0.2, 0) is 24.3 Å². The number of Topliss-reactive ketones (excluding diaryl/α,β-unsaturated/α-hetero) is 1. The van der Waals surface area contributed by atoms with Crippen LogP contribution in [0.2, 0.25) is 0 Å². The van der Waals surface area contributed by atoms with Gasteiger partial charge in [0.2, 0.25) is 10.0 Å². The zero-order valence-electron chi connectivity index (χ0n) is 14.3. The van der Waals surface area contributed by atoms with E-state index in [1.165, 1.54) is 18.2 Å². The second-order valence-corrected chi connectivity index (χ2v) is 8.00. The summed E-state index contributed by atoms with van der Waals surface area (Å²) in [5, 5.41) is 0. The van der Waals surface area contributed by atoms with Gasteiger partial charge < -0.3 is 4.74 Å².